The van der Waals surface area contributed by atoms with Gasteiger partial charge in [-0.2, -0.15) is 0 Å². The summed E-state index contributed by atoms with van der Waals surface area (Å²) in [6.07, 6.45) is 2.91. The Morgan fingerprint density at radius 3 is 1.83 bits per heavy atom. The summed E-state index contributed by atoms with van der Waals surface area (Å²) >= 11 is 0. The first-order chi connectivity index (χ1) is 21.9. The molecule has 0 bridgehead atoms. The molecule has 47 heavy (non-hydrogen) atoms. The Balaban J connectivity index is 2.17. The maximum Gasteiger partial charge on any atom is 0.192 e. The van der Waals surface area contributed by atoms with Gasteiger partial charge in [-0.05, 0) is 59.5 Å². The van der Waals surface area contributed by atoms with Gasteiger partial charge in [-0.3, -0.25) is 0 Å². The average Bonchev–Trinajstić information content (AvgIpc) is 3.79. The van der Waals surface area contributed by atoms with E-state index in [1.54, 1.807) is 13.2 Å². The molecule has 6 atom stereocenters. The summed E-state index contributed by atoms with van der Waals surface area (Å²) in [6.45, 7) is 27.1. The third-order valence-electron chi connectivity index (χ3n) is 9.88. The van der Waals surface area contributed by atoms with Crippen molar-refractivity contribution in [2.24, 2.45) is 0 Å². The zero-order valence-electron chi connectivity index (χ0n) is 30.6. The summed E-state index contributed by atoms with van der Waals surface area (Å²) in [4.78, 5) is 0. The molecule has 0 aliphatic carbocycles. The van der Waals surface area contributed by atoms with Crippen molar-refractivity contribution in [2.75, 3.05) is 13.7 Å². The van der Waals surface area contributed by atoms with Gasteiger partial charge in [-0.25, -0.2) is 0 Å². The van der Waals surface area contributed by atoms with Crippen molar-refractivity contribution in [1.29, 1.82) is 0 Å². The number of aliphatic hydroxyl groups excluding tert-OH is 1. The zero-order chi connectivity index (χ0) is 35.0. The second-order valence-corrected chi connectivity index (χ2v) is 25.0. The summed E-state index contributed by atoms with van der Waals surface area (Å²) in [5.74, 6) is 0.790. The van der Waals surface area contributed by atoms with Crippen LogP contribution in [0.2, 0.25) is 36.3 Å². The molecule has 3 rings (SSSR count). The molecule has 0 unspecified atom stereocenters. The van der Waals surface area contributed by atoms with E-state index in [-0.39, 0.29) is 28.9 Å². The SMILES string of the molecule is C=C[C@H]1O[C@@H]1[C@@H](OCc1ccc(OC)cc1)[C@H](O[Si](C)(C)C(C)(C)C)[C@H](O[Si](C)(C)C(C)(C)C)[C@H](/C=C/CO)OCc1ccccc1. The Morgan fingerprint density at radius 2 is 1.34 bits per heavy atom. The highest BCUT2D eigenvalue weighted by Gasteiger charge is 2.55. The van der Waals surface area contributed by atoms with Crippen LogP contribution in [0.5, 0.6) is 5.75 Å². The van der Waals surface area contributed by atoms with E-state index < -0.39 is 41.1 Å². The molecule has 0 amide bonds. The van der Waals surface area contributed by atoms with E-state index in [9.17, 15) is 5.11 Å². The number of hydrogen-bond donors (Lipinski definition) is 1. The molecule has 2 aromatic rings. The summed E-state index contributed by atoms with van der Waals surface area (Å²) in [7, 11) is -3.18. The van der Waals surface area contributed by atoms with Crippen LogP contribution in [0, 0.1) is 0 Å². The van der Waals surface area contributed by atoms with Gasteiger partial charge >= 0.3 is 0 Å². The van der Waals surface area contributed by atoms with E-state index in [4.69, 9.17) is 27.8 Å². The fraction of sp³-hybridized carbons (Fsp3) is 0.579. The minimum absolute atomic E-state index is 0.0864. The summed E-state index contributed by atoms with van der Waals surface area (Å²) < 4.78 is 40.0. The van der Waals surface area contributed by atoms with Crippen molar-refractivity contribution < 1.29 is 32.9 Å². The number of aliphatic hydroxyl groups is 1. The highest BCUT2D eigenvalue weighted by atomic mass is 28.4. The number of rotatable bonds is 18. The lowest BCUT2D eigenvalue weighted by atomic mass is 9.98. The summed E-state index contributed by atoms with van der Waals surface area (Å²) in [5.41, 5.74) is 2.06. The van der Waals surface area contributed by atoms with Crippen LogP contribution in [0.25, 0.3) is 0 Å². The third-order valence-corrected chi connectivity index (χ3v) is 18.8. The van der Waals surface area contributed by atoms with Gasteiger partial charge in [0.2, 0.25) is 0 Å². The highest BCUT2D eigenvalue weighted by Crippen LogP contribution is 2.44. The van der Waals surface area contributed by atoms with Crippen molar-refractivity contribution in [3.63, 3.8) is 0 Å². The standard InChI is InChI=1S/C38H60O7Si2/c1-13-31-33(43-31)35(42-27-29-21-23-30(40-8)24-22-29)36(45-47(11,12)38(5,6)7)34(44-46(9,10)37(2,3)4)32(20-17-25-39)41-26-28-18-15-14-16-19-28/h13-24,31-36,39H,1,25-27H2,2-12H3/b20-17+/t31-,32+,33+,34-,35-,36-/m1/s1. The average molecular weight is 685 g/mol. The van der Waals surface area contributed by atoms with Gasteiger partial charge in [0.25, 0.3) is 0 Å². The van der Waals surface area contributed by atoms with Gasteiger partial charge in [0, 0.05) is 0 Å². The number of epoxide rings is 1. The van der Waals surface area contributed by atoms with E-state index in [0.717, 1.165) is 16.9 Å². The second kappa shape index (κ2) is 16.5. The first-order valence-electron chi connectivity index (χ1n) is 16.8. The van der Waals surface area contributed by atoms with E-state index in [2.05, 4.69) is 74.3 Å². The Morgan fingerprint density at radius 1 is 0.809 bits per heavy atom. The van der Waals surface area contributed by atoms with E-state index >= 15 is 0 Å². The van der Waals surface area contributed by atoms with E-state index in [0.29, 0.717) is 13.2 Å². The maximum absolute atomic E-state index is 9.93. The zero-order valence-corrected chi connectivity index (χ0v) is 32.6. The van der Waals surface area contributed by atoms with Crippen molar-refractivity contribution in [2.45, 2.75) is 128 Å². The Hall–Kier alpha value is -2.09. The Labute approximate surface area is 286 Å². The van der Waals surface area contributed by atoms with Crippen LogP contribution in [0.3, 0.4) is 0 Å². The minimum atomic E-state index is -2.42. The van der Waals surface area contributed by atoms with Gasteiger partial charge in [0.05, 0.1) is 26.9 Å². The third kappa shape index (κ3) is 11.0. The minimum Gasteiger partial charge on any atom is -0.497 e. The number of ether oxygens (including phenoxy) is 4. The molecular weight excluding hydrogens is 625 g/mol. The molecule has 0 aromatic heterocycles. The van der Waals surface area contributed by atoms with Gasteiger partial charge in [-0.15, -0.1) is 6.58 Å². The first-order valence-corrected chi connectivity index (χ1v) is 22.6. The molecule has 7 nitrogen and oxygen atoms in total. The largest absolute Gasteiger partial charge is 0.497 e. The highest BCUT2D eigenvalue weighted by molar-refractivity contribution is 6.74. The molecule has 262 valence electrons. The van der Waals surface area contributed by atoms with Gasteiger partial charge in [-0.1, -0.05) is 102 Å². The normalized spacial score (nSPS) is 20.1. The molecule has 1 aliphatic rings. The molecule has 0 spiro atoms. The monoisotopic (exact) mass is 684 g/mol. The fourth-order valence-corrected chi connectivity index (χ4v) is 7.38. The molecule has 0 saturated carbocycles. The molecule has 2 aromatic carbocycles. The lowest BCUT2D eigenvalue weighted by Gasteiger charge is -2.48. The van der Waals surface area contributed by atoms with Crippen LogP contribution in [-0.4, -0.2) is 72.1 Å². The molecule has 1 saturated heterocycles. The van der Waals surface area contributed by atoms with Crippen LogP contribution < -0.4 is 4.74 Å². The molecule has 0 radical (unpaired) electrons. The van der Waals surface area contributed by atoms with Crippen LogP contribution in [0.4, 0.5) is 0 Å². The Bertz CT molecular complexity index is 1270. The molecule has 9 heteroatoms. The van der Waals surface area contributed by atoms with Crippen LogP contribution in [0.15, 0.2) is 79.4 Å². The van der Waals surface area contributed by atoms with E-state index in [1.807, 2.05) is 66.7 Å². The van der Waals surface area contributed by atoms with E-state index in [1.165, 1.54) is 0 Å². The van der Waals surface area contributed by atoms with Crippen LogP contribution in [0.1, 0.15) is 52.7 Å². The molecule has 1 heterocycles. The van der Waals surface area contributed by atoms with Gasteiger partial charge in [0.15, 0.2) is 16.6 Å². The van der Waals surface area contributed by atoms with Crippen LogP contribution in [-0.2, 0) is 36.3 Å². The van der Waals surface area contributed by atoms with Crippen molar-refractivity contribution in [3.05, 3.63) is 90.5 Å². The Kier molecular flexibility index (Phi) is 13.9. The molecular formula is C38H60O7Si2. The first kappa shape index (κ1) is 39.4. The topological polar surface area (TPSA) is 78.9 Å². The van der Waals surface area contributed by atoms with Crippen molar-refractivity contribution >= 4 is 16.6 Å². The van der Waals surface area contributed by atoms with Gasteiger partial charge < -0.3 is 32.9 Å². The quantitative estimate of drug-likeness (QED) is 0.0959. The van der Waals surface area contributed by atoms with Gasteiger partial charge in [0.1, 0.15) is 42.4 Å². The summed E-state index contributed by atoms with van der Waals surface area (Å²) in [6, 6.07) is 18.0. The lowest BCUT2D eigenvalue weighted by molar-refractivity contribution is -0.127. The molecule has 1 N–H and O–H groups in total. The smallest absolute Gasteiger partial charge is 0.192 e. The fourth-order valence-electron chi connectivity index (χ4n) is 4.78. The number of hydrogen-bond acceptors (Lipinski definition) is 7. The predicted molar refractivity (Wildman–Crippen MR) is 196 cm³/mol. The van der Waals surface area contributed by atoms with Crippen molar-refractivity contribution in [1.82, 2.24) is 0 Å². The molecule has 1 aliphatic heterocycles. The summed E-state index contributed by atoms with van der Waals surface area (Å²) in [5, 5.41) is 9.76. The molecule has 1 fully saturated rings. The second-order valence-electron chi connectivity index (χ2n) is 15.5. The lowest BCUT2D eigenvalue weighted by Crippen LogP contribution is -2.60. The van der Waals surface area contributed by atoms with Crippen LogP contribution >= 0.6 is 0 Å². The predicted octanol–water partition coefficient (Wildman–Crippen LogP) is 8.45. The van der Waals surface area contributed by atoms with Crippen molar-refractivity contribution in [3.8, 4) is 5.75 Å². The number of benzene rings is 2. The number of methoxy groups -OCH3 is 1. The maximum atomic E-state index is 9.93.